The number of nitrogens with one attached hydrogen (secondary N) is 2. The van der Waals surface area contributed by atoms with Gasteiger partial charge in [-0.3, -0.25) is 14.9 Å². The molecule has 1 aliphatic rings. The predicted octanol–water partition coefficient (Wildman–Crippen LogP) is 5.90. The third-order valence-electron chi connectivity index (χ3n) is 6.96. The number of rotatable bonds is 7. The predicted molar refractivity (Wildman–Crippen MR) is 137 cm³/mol. The number of carbonyl (C=O) groups is 1. The van der Waals surface area contributed by atoms with E-state index >= 15 is 0 Å². The highest BCUT2D eigenvalue weighted by molar-refractivity contribution is 5.96. The average Bonchev–Trinajstić information content (AvgIpc) is 3.66. The van der Waals surface area contributed by atoms with Gasteiger partial charge in [-0.15, -0.1) is 0 Å². The van der Waals surface area contributed by atoms with E-state index in [4.69, 9.17) is 5.41 Å². The number of alkyl halides is 3. The van der Waals surface area contributed by atoms with Crippen molar-refractivity contribution >= 4 is 5.91 Å². The van der Waals surface area contributed by atoms with Gasteiger partial charge in [-0.05, 0) is 84.3 Å². The van der Waals surface area contributed by atoms with E-state index in [-0.39, 0.29) is 35.0 Å². The maximum atomic E-state index is 14.0. The number of benzene rings is 2. The molecule has 1 amide bonds. The van der Waals surface area contributed by atoms with Crippen LogP contribution in [0.15, 0.2) is 60.9 Å². The number of amides is 1. The van der Waals surface area contributed by atoms with E-state index in [1.165, 1.54) is 54.3 Å². The van der Waals surface area contributed by atoms with Crippen molar-refractivity contribution in [3.05, 3.63) is 106 Å². The second-order valence-electron chi connectivity index (χ2n) is 10.1. The fraction of sp³-hybridized carbons (Fsp3) is 0.276. The summed E-state index contributed by atoms with van der Waals surface area (Å²) in [6, 6.07) is 11.1. The standard InChI is InChI=1S/C29H26F5N5O/c1-16-10-19(7-8-23(16)30)25(18-5-6-18)36-28(40)21-12-17(14-39-9-3-4-24(31)27(39)35)11-20(13-21)22-15-38(2)37-26(22)29(32,33)34/h3-4,7-13,15,18,25,35H,5-6,14H2,1-2H3,(H,36,40)/t25-/m0/s1. The van der Waals surface area contributed by atoms with Crippen LogP contribution in [0.5, 0.6) is 0 Å². The molecule has 0 radical (unpaired) electrons. The van der Waals surface area contributed by atoms with Crippen LogP contribution < -0.4 is 10.8 Å². The highest BCUT2D eigenvalue weighted by Crippen LogP contribution is 2.42. The van der Waals surface area contributed by atoms with E-state index in [0.29, 0.717) is 11.1 Å². The second kappa shape index (κ2) is 10.4. The molecular weight excluding hydrogens is 529 g/mol. The van der Waals surface area contributed by atoms with E-state index in [1.54, 1.807) is 19.1 Å². The molecule has 2 aromatic carbocycles. The van der Waals surface area contributed by atoms with Crippen LogP contribution in [0.2, 0.25) is 0 Å². The lowest BCUT2D eigenvalue weighted by Gasteiger charge is -2.20. The molecule has 1 aliphatic carbocycles. The van der Waals surface area contributed by atoms with Crippen molar-refractivity contribution in [2.24, 2.45) is 13.0 Å². The molecule has 2 N–H and O–H groups in total. The highest BCUT2D eigenvalue weighted by Gasteiger charge is 2.38. The molecule has 2 heterocycles. The maximum absolute atomic E-state index is 14.0. The van der Waals surface area contributed by atoms with Crippen LogP contribution >= 0.6 is 0 Å². The number of hydrogen-bond acceptors (Lipinski definition) is 3. The normalized spacial score (nSPS) is 14.3. The molecule has 1 fully saturated rings. The van der Waals surface area contributed by atoms with E-state index in [0.717, 1.165) is 29.2 Å². The number of nitrogens with zero attached hydrogens (tertiary/aromatic N) is 3. The molecule has 1 saturated carbocycles. The summed E-state index contributed by atoms with van der Waals surface area (Å²) in [6.07, 6.45) is -0.288. The number of carbonyl (C=O) groups excluding carboxylic acids is 1. The van der Waals surface area contributed by atoms with Crippen molar-refractivity contribution in [1.29, 1.82) is 5.41 Å². The van der Waals surface area contributed by atoms with Gasteiger partial charge in [0.25, 0.3) is 5.91 Å². The van der Waals surface area contributed by atoms with Gasteiger partial charge in [-0.25, -0.2) is 8.78 Å². The Morgan fingerprint density at radius 3 is 2.55 bits per heavy atom. The van der Waals surface area contributed by atoms with Gasteiger partial charge in [-0.2, -0.15) is 18.3 Å². The summed E-state index contributed by atoms with van der Waals surface area (Å²) in [5.74, 6) is -1.48. The number of halogens is 5. The Morgan fingerprint density at radius 2 is 1.88 bits per heavy atom. The minimum Gasteiger partial charge on any atom is -0.345 e. The molecule has 2 aromatic heterocycles. The van der Waals surface area contributed by atoms with E-state index < -0.39 is 35.1 Å². The number of aryl methyl sites for hydroxylation is 2. The van der Waals surface area contributed by atoms with Crippen molar-refractivity contribution in [2.45, 2.75) is 38.5 Å². The van der Waals surface area contributed by atoms with Crippen LogP contribution in [-0.2, 0) is 19.8 Å². The number of aromatic nitrogens is 3. The Kier molecular flexibility index (Phi) is 7.07. The van der Waals surface area contributed by atoms with Crippen LogP contribution in [0.4, 0.5) is 22.0 Å². The van der Waals surface area contributed by atoms with Gasteiger partial charge >= 0.3 is 6.18 Å². The van der Waals surface area contributed by atoms with Crippen LogP contribution in [-0.4, -0.2) is 20.3 Å². The first-order valence-corrected chi connectivity index (χ1v) is 12.6. The van der Waals surface area contributed by atoms with E-state index in [9.17, 15) is 26.7 Å². The average molecular weight is 556 g/mol. The molecule has 11 heteroatoms. The van der Waals surface area contributed by atoms with Gasteiger partial charge in [-0.1, -0.05) is 12.1 Å². The number of hydrogen-bond donors (Lipinski definition) is 2. The Balaban J connectivity index is 1.57. The summed E-state index contributed by atoms with van der Waals surface area (Å²) >= 11 is 0. The Labute approximate surface area is 226 Å². The van der Waals surface area contributed by atoms with Crippen LogP contribution in [0.1, 0.15) is 51.6 Å². The molecular formula is C29H26F5N5O. The molecule has 0 saturated heterocycles. The molecule has 0 unspecified atom stereocenters. The zero-order valence-corrected chi connectivity index (χ0v) is 21.7. The van der Waals surface area contributed by atoms with Gasteiger partial charge in [0.05, 0.1) is 6.04 Å². The quantitative estimate of drug-likeness (QED) is 0.279. The molecule has 0 spiro atoms. The lowest BCUT2D eigenvalue weighted by molar-refractivity contribution is -0.140. The van der Waals surface area contributed by atoms with Crippen LogP contribution in [0.3, 0.4) is 0 Å². The molecule has 1 atom stereocenters. The van der Waals surface area contributed by atoms with Gasteiger partial charge < -0.3 is 9.88 Å². The summed E-state index contributed by atoms with van der Waals surface area (Å²) in [4.78, 5) is 13.6. The largest absolute Gasteiger partial charge is 0.435 e. The summed E-state index contributed by atoms with van der Waals surface area (Å²) in [6.45, 7) is 1.58. The lowest BCUT2D eigenvalue weighted by Crippen LogP contribution is -2.30. The molecule has 6 nitrogen and oxygen atoms in total. The third-order valence-corrected chi connectivity index (χ3v) is 6.96. The van der Waals surface area contributed by atoms with Crippen molar-refractivity contribution in [3.8, 4) is 11.1 Å². The summed E-state index contributed by atoms with van der Waals surface area (Å²) in [5.41, 5.74) is 0.0545. The van der Waals surface area contributed by atoms with Crippen LogP contribution in [0, 0.1) is 29.9 Å². The lowest BCUT2D eigenvalue weighted by atomic mass is 9.97. The smallest absolute Gasteiger partial charge is 0.345 e. The molecule has 40 heavy (non-hydrogen) atoms. The van der Waals surface area contributed by atoms with Gasteiger partial charge in [0.2, 0.25) is 0 Å². The topological polar surface area (TPSA) is 75.7 Å². The number of pyridine rings is 1. The molecule has 0 aliphatic heterocycles. The molecule has 5 rings (SSSR count). The first-order chi connectivity index (χ1) is 18.9. The Bertz CT molecular complexity index is 1650. The minimum atomic E-state index is -4.74. The Hall–Kier alpha value is -4.28. The SMILES string of the molecule is Cc1cc([C@@H](NC(=O)c2cc(Cn3cccc(F)c3=N)cc(-c3cn(C)nc3C(F)(F)F)c2)C2CC2)ccc1F. The molecule has 0 bridgehead atoms. The second-order valence-corrected chi connectivity index (χ2v) is 10.1. The zero-order valence-electron chi connectivity index (χ0n) is 21.7. The third kappa shape index (κ3) is 5.68. The molecule has 208 valence electrons. The fourth-order valence-corrected chi connectivity index (χ4v) is 4.82. The van der Waals surface area contributed by atoms with E-state index in [1.807, 2.05) is 0 Å². The van der Waals surface area contributed by atoms with Gasteiger partial charge in [0, 0.05) is 37.1 Å². The molecule has 4 aromatic rings. The first kappa shape index (κ1) is 27.3. The summed E-state index contributed by atoms with van der Waals surface area (Å²) in [7, 11) is 1.37. The first-order valence-electron chi connectivity index (χ1n) is 12.6. The fourth-order valence-electron chi connectivity index (χ4n) is 4.82. The summed E-state index contributed by atoms with van der Waals surface area (Å²) in [5, 5.41) is 14.6. The maximum Gasteiger partial charge on any atom is 0.435 e. The van der Waals surface area contributed by atoms with Crippen molar-refractivity contribution in [2.75, 3.05) is 0 Å². The van der Waals surface area contributed by atoms with Crippen LogP contribution in [0.25, 0.3) is 11.1 Å². The Morgan fingerprint density at radius 1 is 1.12 bits per heavy atom. The monoisotopic (exact) mass is 555 g/mol. The zero-order chi connectivity index (χ0) is 28.8. The van der Waals surface area contributed by atoms with Crippen molar-refractivity contribution in [1.82, 2.24) is 19.7 Å². The van der Waals surface area contributed by atoms with Gasteiger partial charge in [0.15, 0.2) is 17.0 Å². The van der Waals surface area contributed by atoms with E-state index in [2.05, 4.69) is 10.4 Å². The van der Waals surface area contributed by atoms with Gasteiger partial charge in [0.1, 0.15) is 5.82 Å². The van der Waals surface area contributed by atoms with Crippen molar-refractivity contribution in [3.63, 3.8) is 0 Å². The minimum absolute atomic E-state index is 0.0600. The van der Waals surface area contributed by atoms with Crippen molar-refractivity contribution < 1.29 is 26.7 Å². The highest BCUT2D eigenvalue weighted by atomic mass is 19.4. The summed E-state index contributed by atoms with van der Waals surface area (Å²) < 4.78 is 71.7.